The Morgan fingerprint density at radius 3 is 2.93 bits per heavy atom. The van der Waals surface area contributed by atoms with Gasteiger partial charge in [0.05, 0.1) is 12.7 Å². The molecule has 0 heterocycles. The third-order valence-electron chi connectivity index (χ3n) is 3.14. The van der Waals surface area contributed by atoms with Gasteiger partial charge in [-0.3, -0.25) is 0 Å². The van der Waals surface area contributed by atoms with Gasteiger partial charge in [0.15, 0.2) is 0 Å². The lowest BCUT2D eigenvalue weighted by atomic mass is 9.98. The van der Waals surface area contributed by atoms with Crippen molar-refractivity contribution < 1.29 is 9.53 Å². The lowest BCUT2D eigenvalue weighted by molar-refractivity contribution is 0.0600. The number of ether oxygens (including phenoxy) is 1. The molecule has 15 heavy (non-hydrogen) atoms. The first kappa shape index (κ1) is 10.2. The van der Waals surface area contributed by atoms with Crippen LogP contribution in [0.1, 0.15) is 39.5 Å². The Morgan fingerprint density at radius 2 is 2.27 bits per heavy atom. The first-order valence-electron chi connectivity index (χ1n) is 5.11. The number of methoxy groups -OCH3 is 1. The Labute approximate surface area is 89.2 Å². The normalized spacial score (nSPS) is 18.7. The molecule has 1 atom stereocenters. The van der Waals surface area contributed by atoms with Crippen LogP contribution in [0.2, 0.25) is 0 Å². The number of nitrogens with two attached hydrogens (primary N) is 1. The second kappa shape index (κ2) is 3.66. The van der Waals surface area contributed by atoms with Crippen molar-refractivity contribution in [2.24, 2.45) is 5.73 Å². The zero-order chi connectivity index (χ0) is 11.0. The molecule has 0 saturated carbocycles. The fourth-order valence-electron chi connectivity index (χ4n) is 2.24. The SMILES string of the molecule is COC(=O)c1ccc2c(c1C)CCC2N. The van der Waals surface area contributed by atoms with Crippen LogP contribution in [0, 0.1) is 6.92 Å². The maximum absolute atomic E-state index is 11.5. The van der Waals surface area contributed by atoms with E-state index >= 15 is 0 Å². The molecular weight excluding hydrogens is 190 g/mol. The second-order valence-corrected chi connectivity index (χ2v) is 3.94. The van der Waals surface area contributed by atoms with E-state index in [0.29, 0.717) is 5.56 Å². The van der Waals surface area contributed by atoms with Crippen molar-refractivity contribution in [3.63, 3.8) is 0 Å². The van der Waals surface area contributed by atoms with Crippen LogP contribution in [0.15, 0.2) is 12.1 Å². The highest BCUT2D eigenvalue weighted by Gasteiger charge is 2.23. The van der Waals surface area contributed by atoms with Gasteiger partial charge in [-0.2, -0.15) is 0 Å². The molecule has 0 spiro atoms. The minimum atomic E-state index is -0.268. The van der Waals surface area contributed by atoms with Crippen LogP contribution in [-0.4, -0.2) is 13.1 Å². The molecule has 0 aliphatic heterocycles. The van der Waals surface area contributed by atoms with Crippen LogP contribution >= 0.6 is 0 Å². The summed E-state index contributed by atoms with van der Waals surface area (Å²) in [6.07, 6.45) is 1.94. The lowest BCUT2D eigenvalue weighted by Gasteiger charge is -2.10. The molecule has 1 aliphatic rings. The average Bonchev–Trinajstić information content (AvgIpc) is 2.61. The Balaban J connectivity index is 2.51. The number of carbonyl (C=O) groups is 1. The fourth-order valence-corrected chi connectivity index (χ4v) is 2.24. The molecule has 1 aromatic rings. The van der Waals surface area contributed by atoms with E-state index in [2.05, 4.69) is 0 Å². The predicted octanol–water partition coefficient (Wildman–Crippen LogP) is 1.73. The molecule has 0 fully saturated rings. The quantitative estimate of drug-likeness (QED) is 0.710. The summed E-state index contributed by atoms with van der Waals surface area (Å²) in [6.45, 7) is 1.96. The summed E-state index contributed by atoms with van der Waals surface area (Å²) in [7, 11) is 1.40. The number of carbonyl (C=O) groups excluding carboxylic acids is 1. The molecule has 0 radical (unpaired) electrons. The van der Waals surface area contributed by atoms with Crippen LogP contribution in [0.4, 0.5) is 0 Å². The number of rotatable bonds is 1. The van der Waals surface area contributed by atoms with Gasteiger partial charge in [-0.15, -0.1) is 0 Å². The van der Waals surface area contributed by atoms with Crippen molar-refractivity contribution in [1.29, 1.82) is 0 Å². The van der Waals surface area contributed by atoms with Gasteiger partial charge in [0.1, 0.15) is 0 Å². The minimum absolute atomic E-state index is 0.130. The van der Waals surface area contributed by atoms with Gasteiger partial charge >= 0.3 is 5.97 Å². The molecule has 1 aliphatic carbocycles. The van der Waals surface area contributed by atoms with Crippen molar-refractivity contribution in [3.8, 4) is 0 Å². The van der Waals surface area contributed by atoms with Crippen LogP contribution in [0.3, 0.4) is 0 Å². The van der Waals surface area contributed by atoms with E-state index in [1.807, 2.05) is 19.1 Å². The van der Waals surface area contributed by atoms with Gasteiger partial charge in [0.25, 0.3) is 0 Å². The zero-order valence-corrected chi connectivity index (χ0v) is 9.04. The van der Waals surface area contributed by atoms with E-state index in [-0.39, 0.29) is 12.0 Å². The molecule has 3 nitrogen and oxygen atoms in total. The highest BCUT2D eigenvalue weighted by molar-refractivity contribution is 5.91. The number of hydrogen-bond acceptors (Lipinski definition) is 3. The molecule has 0 amide bonds. The predicted molar refractivity (Wildman–Crippen MR) is 57.8 cm³/mol. The molecular formula is C12H15NO2. The summed E-state index contributed by atoms with van der Waals surface area (Å²) in [5.41, 5.74) is 10.0. The van der Waals surface area contributed by atoms with E-state index in [9.17, 15) is 4.79 Å². The molecule has 0 bridgehead atoms. The highest BCUT2D eigenvalue weighted by atomic mass is 16.5. The molecule has 1 unspecified atom stereocenters. The third-order valence-corrected chi connectivity index (χ3v) is 3.14. The standard InChI is InChI=1S/C12H15NO2/c1-7-8-5-6-11(13)10(8)4-3-9(7)12(14)15-2/h3-4,11H,5-6,13H2,1-2H3. The van der Waals surface area contributed by atoms with Crippen LogP contribution in [0.5, 0.6) is 0 Å². The van der Waals surface area contributed by atoms with Crippen molar-refractivity contribution >= 4 is 5.97 Å². The largest absolute Gasteiger partial charge is 0.465 e. The third kappa shape index (κ3) is 1.53. The molecule has 2 N–H and O–H groups in total. The monoisotopic (exact) mass is 205 g/mol. The summed E-state index contributed by atoms with van der Waals surface area (Å²) >= 11 is 0. The van der Waals surface area contributed by atoms with Crippen molar-refractivity contribution in [1.82, 2.24) is 0 Å². The fraction of sp³-hybridized carbons (Fsp3) is 0.417. The Hall–Kier alpha value is -1.35. The molecule has 1 aromatic carbocycles. The van der Waals surface area contributed by atoms with Crippen LogP contribution in [0.25, 0.3) is 0 Å². The van der Waals surface area contributed by atoms with Gasteiger partial charge in [0.2, 0.25) is 0 Å². The highest BCUT2D eigenvalue weighted by Crippen LogP contribution is 2.33. The number of fused-ring (bicyclic) bond motifs is 1. The maximum Gasteiger partial charge on any atom is 0.338 e. The molecule has 0 aromatic heterocycles. The van der Waals surface area contributed by atoms with Gasteiger partial charge in [-0.05, 0) is 42.5 Å². The number of benzene rings is 1. The van der Waals surface area contributed by atoms with E-state index in [1.165, 1.54) is 18.2 Å². The zero-order valence-electron chi connectivity index (χ0n) is 9.04. The molecule has 0 saturated heterocycles. The maximum atomic E-state index is 11.5. The topological polar surface area (TPSA) is 52.3 Å². The van der Waals surface area contributed by atoms with E-state index in [1.54, 1.807) is 0 Å². The first-order valence-corrected chi connectivity index (χ1v) is 5.11. The van der Waals surface area contributed by atoms with Crippen molar-refractivity contribution in [2.75, 3.05) is 7.11 Å². The van der Waals surface area contributed by atoms with Crippen molar-refractivity contribution in [2.45, 2.75) is 25.8 Å². The molecule has 80 valence electrons. The second-order valence-electron chi connectivity index (χ2n) is 3.94. The minimum Gasteiger partial charge on any atom is -0.465 e. The van der Waals surface area contributed by atoms with Gasteiger partial charge in [-0.1, -0.05) is 6.07 Å². The molecule has 2 rings (SSSR count). The smallest absolute Gasteiger partial charge is 0.338 e. The summed E-state index contributed by atoms with van der Waals surface area (Å²) in [5, 5.41) is 0. The van der Waals surface area contributed by atoms with Gasteiger partial charge in [0, 0.05) is 6.04 Å². The van der Waals surface area contributed by atoms with E-state index in [0.717, 1.165) is 18.4 Å². The molecule has 3 heteroatoms. The number of esters is 1. The first-order chi connectivity index (χ1) is 7.15. The summed E-state index contributed by atoms with van der Waals surface area (Å²) < 4.78 is 4.73. The lowest BCUT2D eigenvalue weighted by Crippen LogP contribution is -2.08. The summed E-state index contributed by atoms with van der Waals surface area (Å²) in [4.78, 5) is 11.5. The van der Waals surface area contributed by atoms with E-state index in [4.69, 9.17) is 10.5 Å². The Bertz CT molecular complexity index is 412. The van der Waals surface area contributed by atoms with Gasteiger partial charge in [-0.25, -0.2) is 4.79 Å². The number of hydrogen-bond donors (Lipinski definition) is 1. The van der Waals surface area contributed by atoms with Crippen molar-refractivity contribution in [3.05, 3.63) is 34.4 Å². The van der Waals surface area contributed by atoms with E-state index < -0.39 is 0 Å². The van der Waals surface area contributed by atoms with Crippen LogP contribution < -0.4 is 5.73 Å². The summed E-state index contributed by atoms with van der Waals surface area (Å²) in [6, 6.07) is 3.89. The average molecular weight is 205 g/mol. The Kier molecular flexibility index (Phi) is 2.49. The van der Waals surface area contributed by atoms with Gasteiger partial charge < -0.3 is 10.5 Å². The Morgan fingerprint density at radius 1 is 1.53 bits per heavy atom. The van der Waals surface area contributed by atoms with Crippen LogP contribution in [-0.2, 0) is 11.2 Å². The summed E-state index contributed by atoms with van der Waals surface area (Å²) in [5.74, 6) is -0.268.